The molecule has 0 bridgehead atoms. The number of hydrogen-bond donors (Lipinski definition) is 1. The van der Waals surface area contributed by atoms with Crippen molar-refractivity contribution in [3.63, 3.8) is 0 Å². The molecular formula is C11H19N3O2. The second-order valence-corrected chi connectivity index (χ2v) is 4.37. The van der Waals surface area contributed by atoms with Crippen LogP contribution in [-0.2, 0) is 11.3 Å². The first-order valence-corrected chi connectivity index (χ1v) is 5.86. The number of ether oxygens (including phenoxy) is 1. The van der Waals surface area contributed by atoms with Crippen molar-refractivity contribution in [2.45, 2.75) is 38.2 Å². The predicted octanol–water partition coefficient (Wildman–Crippen LogP) is 1.45. The average molecular weight is 225 g/mol. The number of nitrogens with zero attached hydrogens (tertiary/aromatic N) is 2. The maximum atomic E-state index is 5.78. The molecule has 0 amide bonds. The fourth-order valence-electron chi connectivity index (χ4n) is 2.42. The second-order valence-electron chi connectivity index (χ2n) is 4.37. The van der Waals surface area contributed by atoms with Gasteiger partial charge in [-0.15, -0.1) is 0 Å². The van der Waals surface area contributed by atoms with Crippen molar-refractivity contribution in [3.8, 4) is 0 Å². The first-order valence-electron chi connectivity index (χ1n) is 5.86. The average Bonchev–Trinajstić information content (AvgIpc) is 2.78. The predicted molar refractivity (Wildman–Crippen MR) is 58.8 cm³/mol. The van der Waals surface area contributed by atoms with Crippen LogP contribution in [-0.4, -0.2) is 23.8 Å². The first-order chi connectivity index (χ1) is 7.85. The Morgan fingerprint density at radius 1 is 1.44 bits per heavy atom. The molecule has 1 fully saturated rings. The van der Waals surface area contributed by atoms with E-state index in [9.17, 15) is 0 Å². The van der Waals surface area contributed by atoms with E-state index in [-0.39, 0.29) is 0 Å². The van der Waals surface area contributed by atoms with Gasteiger partial charge in [0.25, 0.3) is 0 Å². The summed E-state index contributed by atoms with van der Waals surface area (Å²) in [5.74, 6) is 2.20. The van der Waals surface area contributed by atoms with Crippen LogP contribution in [0.3, 0.4) is 0 Å². The van der Waals surface area contributed by atoms with Crippen molar-refractivity contribution < 1.29 is 9.26 Å². The molecule has 1 aliphatic rings. The Kier molecular flexibility index (Phi) is 3.90. The summed E-state index contributed by atoms with van der Waals surface area (Å²) >= 11 is 0. The van der Waals surface area contributed by atoms with E-state index in [1.165, 1.54) is 19.3 Å². The van der Waals surface area contributed by atoms with Gasteiger partial charge in [0, 0.05) is 13.0 Å². The van der Waals surface area contributed by atoms with Crippen LogP contribution in [0.1, 0.15) is 43.3 Å². The van der Waals surface area contributed by atoms with Crippen LogP contribution in [0.2, 0.25) is 0 Å². The van der Waals surface area contributed by atoms with Crippen LogP contribution in [0.25, 0.3) is 0 Å². The van der Waals surface area contributed by atoms with Crippen LogP contribution >= 0.6 is 0 Å². The van der Waals surface area contributed by atoms with Gasteiger partial charge in [-0.1, -0.05) is 18.0 Å². The third-order valence-corrected chi connectivity index (χ3v) is 3.29. The van der Waals surface area contributed by atoms with E-state index in [2.05, 4.69) is 10.1 Å². The molecule has 2 atom stereocenters. The lowest BCUT2D eigenvalue weighted by molar-refractivity contribution is 0.174. The third-order valence-electron chi connectivity index (χ3n) is 3.29. The zero-order chi connectivity index (χ0) is 11.4. The molecule has 0 aliphatic heterocycles. The van der Waals surface area contributed by atoms with E-state index in [1.54, 1.807) is 7.11 Å². The Morgan fingerprint density at radius 3 is 3.00 bits per heavy atom. The summed E-state index contributed by atoms with van der Waals surface area (Å²) in [5, 5.41) is 3.90. The highest BCUT2D eigenvalue weighted by atomic mass is 16.5. The van der Waals surface area contributed by atoms with E-state index in [4.69, 9.17) is 15.0 Å². The number of aromatic nitrogens is 2. The topological polar surface area (TPSA) is 74.2 Å². The number of rotatable bonds is 4. The van der Waals surface area contributed by atoms with Crippen molar-refractivity contribution in [3.05, 3.63) is 11.7 Å². The molecule has 0 spiro atoms. The van der Waals surface area contributed by atoms with E-state index in [1.807, 2.05) is 0 Å². The molecule has 0 radical (unpaired) electrons. The van der Waals surface area contributed by atoms with Gasteiger partial charge >= 0.3 is 0 Å². The van der Waals surface area contributed by atoms with Crippen LogP contribution in [0, 0.1) is 5.92 Å². The van der Waals surface area contributed by atoms with Crippen molar-refractivity contribution in [1.29, 1.82) is 0 Å². The fourth-order valence-corrected chi connectivity index (χ4v) is 2.42. The molecule has 2 rings (SSSR count). The van der Waals surface area contributed by atoms with Crippen molar-refractivity contribution in [2.24, 2.45) is 11.7 Å². The van der Waals surface area contributed by atoms with E-state index in [0.717, 1.165) is 12.3 Å². The summed E-state index contributed by atoms with van der Waals surface area (Å²) < 4.78 is 10.3. The standard InChI is InChI=1S/C11H19N3O2/c1-15-7-10-13-11(16-14-10)9-5-3-2-4-8(9)6-12/h8-9H,2-7,12H2,1H3. The largest absolute Gasteiger partial charge is 0.377 e. The molecule has 1 saturated carbocycles. The molecule has 0 aromatic carbocycles. The van der Waals surface area contributed by atoms with Crippen molar-refractivity contribution >= 4 is 0 Å². The molecule has 1 heterocycles. The number of hydrogen-bond acceptors (Lipinski definition) is 5. The molecule has 1 aromatic heterocycles. The van der Waals surface area contributed by atoms with Gasteiger partial charge in [0.2, 0.25) is 5.89 Å². The zero-order valence-electron chi connectivity index (χ0n) is 9.69. The maximum absolute atomic E-state index is 5.78. The minimum absolute atomic E-state index is 0.344. The Labute approximate surface area is 95.3 Å². The molecule has 0 saturated heterocycles. The summed E-state index contributed by atoms with van der Waals surface area (Å²) in [7, 11) is 1.62. The van der Waals surface area contributed by atoms with Gasteiger partial charge in [-0.25, -0.2) is 0 Å². The summed E-state index contributed by atoms with van der Waals surface area (Å²) in [4.78, 5) is 4.36. The number of methoxy groups -OCH3 is 1. The lowest BCUT2D eigenvalue weighted by Gasteiger charge is -2.27. The molecular weight excluding hydrogens is 206 g/mol. The van der Waals surface area contributed by atoms with Crippen molar-refractivity contribution in [1.82, 2.24) is 10.1 Å². The van der Waals surface area contributed by atoms with E-state index < -0.39 is 0 Å². The lowest BCUT2D eigenvalue weighted by Crippen LogP contribution is -2.25. The van der Waals surface area contributed by atoms with Gasteiger partial charge in [-0.2, -0.15) is 4.98 Å². The highest BCUT2D eigenvalue weighted by molar-refractivity contribution is 4.98. The monoisotopic (exact) mass is 225 g/mol. The first kappa shape index (κ1) is 11.5. The molecule has 2 unspecified atom stereocenters. The van der Waals surface area contributed by atoms with Crippen molar-refractivity contribution in [2.75, 3.05) is 13.7 Å². The van der Waals surface area contributed by atoms with Gasteiger partial charge < -0.3 is 15.0 Å². The second kappa shape index (κ2) is 5.41. The van der Waals surface area contributed by atoms with Gasteiger partial charge in [0.1, 0.15) is 6.61 Å². The summed E-state index contributed by atoms with van der Waals surface area (Å²) in [6.45, 7) is 1.11. The SMILES string of the molecule is COCc1noc(C2CCCCC2CN)n1. The summed E-state index contributed by atoms with van der Waals surface area (Å²) in [6, 6.07) is 0. The fraction of sp³-hybridized carbons (Fsp3) is 0.818. The molecule has 1 aromatic rings. The van der Waals surface area contributed by atoms with E-state index in [0.29, 0.717) is 30.8 Å². The molecule has 90 valence electrons. The van der Waals surface area contributed by atoms with E-state index >= 15 is 0 Å². The molecule has 5 nitrogen and oxygen atoms in total. The van der Waals surface area contributed by atoms with Crippen LogP contribution < -0.4 is 5.73 Å². The Hall–Kier alpha value is -0.940. The third kappa shape index (κ3) is 2.41. The zero-order valence-corrected chi connectivity index (χ0v) is 9.69. The Balaban J connectivity index is 2.08. The Bertz CT molecular complexity index is 327. The normalized spacial score (nSPS) is 25.9. The van der Waals surface area contributed by atoms with Crippen LogP contribution in [0.15, 0.2) is 4.52 Å². The van der Waals surface area contributed by atoms with Gasteiger partial charge in [-0.05, 0) is 25.3 Å². The summed E-state index contributed by atoms with van der Waals surface area (Å²) in [5.41, 5.74) is 5.78. The molecule has 2 N–H and O–H groups in total. The quantitative estimate of drug-likeness (QED) is 0.839. The minimum atomic E-state index is 0.344. The summed E-state index contributed by atoms with van der Waals surface area (Å²) in [6.07, 6.45) is 4.76. The highest BCUT2D eigenvalue weighted by Gasteiger charge is 2.29. The minimum Gasteiger partial charge on any atom is -0.377 e. The van der Waals surface area contributed by atoms with Gasteiger partial charge in [0.05, 0.1) is 0 Å². The van der Waals surface area contributed by atoms with Gasteiger partial charge in [0.15, 0.2) is 5.82 Å². The Morgan fingerprint density at radius 2 is 2.25 bits per heavy atom. The van der Waals surface area contributed by atoms with Crippen LogP contribution in [0.5, 0.6) is 0 Å². The molecule has 1 aliphatic carbocycles. The van der Waals surface area contributed by atoms with Crippen LogP contribution in [0.4, 0.5) is 0 Å². The molecule has 5 heteroatoms. The smallest absolute Gasteiger partial charge is 0.230 e. The highest BCUT2D eigenvalue weighted by Crippen LogP contribution is 2.36. The number of nitrogens with two attached hydrogens (primary N) is 1. The molecule has 16 heavy (non-hydrogen) atoms. The maximum Gasteiger partial charge on any atom is 0.230 e. The lowest BCUT2D eigenvalue weighted by atomic mass is 9.79. The van der Waals surface area contributed by atoms with Gasteiger partial charge in [-0.3, -0.25) is 0 Å².